The zero-order valence-corrected chi connectivity index (χ0v) is 16.0. The molecule has 0 aliphatic carbocycles. The first kappa shape index (κ1) is 18.7. The van der Waals surface area contributed by atoms with Crippen LogP contribution < -0.4 is 10.6 Å². The summed E-state index contributed by atoms with van der Waals surface area (Å²) < 4.78 is 7.26. The lowest BCUT2D eigenvalue weighted by atomic mass is 10.1. The maximum atomic E-state index is 5.35. The highest BCUT2D eigenvalue weighted by Gasteiger charge is 2.08. The second-order valence-corrected chi connectivity index (χ2v) is 6.68. The Hall–Kier alpha value is -3.09. The van der Waals surface area contributed by atoms with Crippen molar-refractivity contribution < 1.29 is 4.52 Å². The third-order valence-electron chi connectivity index (χ3n) is 4.18. The van der Waals surface area contributed by atoms with Gasteiger partial charge in [0, 0.05) is 32.1 Å². The molecule has 0 unspecified atom stereocenters. The van der Waals surface area contributed by atoms with Crippen molar-refractivity contribution in [2.45, 2.75) is 39.4 Å². The normalized spacial score (nSPS) is 11.8. The van der Waals surface area contributed by atoms with Crippen LogP contribution in [-0.4, -0.2) is 27.9 Å². The first-order chi connectivity index (χ1) is 13.1. The maximum absolute atomic E-state index is 5.35. The topological polar surface area (TPSA) is 80.3 Å². The van der Waals surface area contributed by atoms with Crippen molar-refractivity contribution in [2.75, 3.05) is 7.05 Å². The molecule has 2 heterocycles. The molecule has 142 valence electrons. The lowest BCUT2D eigenvalue weighted by molar-refractivity contribution is 0.372. The van der Waals surface area contributed by atoms with Gasteiger partial charge in [0.05, 0.1) is 18.8 Å². The van der Waals surface area contributed by atoms with Crippen molar-refractivity contribution in [3.63, 3.8) is 0 Å². The van der Waals surface area contributed by atoms with E-state index in [1.54, 1.807) is 13.2 Å². The van der Waals surface area contributed by atoms with Gasteiger partial charge in [-0.1, -0.05) is 43.3 Å². The number of nitrogens with one attached hydrogen (secondary N) is 2. The van der Waals surface area contributed by atoms with Gasteiger partial charge in [0.15, 0.2) is 11.7 Å². The summed E-state index contributed by atoms with van der Waals surface area (Å²) in [5, 5.41) is 14.9. The smallest absolute Gasteiger partial charge is 0.191 e. The van der Waals surface area contributed by atoms with Gasteiger partial charge in [-0.2, -0.15) is 5.10 Å². The van der Waals surface area contributed by atoms with Crippen LogP contribution in [0.2, 0.25) is 0 Å². The van der Waals surface area contributed by atoms with E-state index in [0.717, 1.165) is 24.0 Å². The summed E-state index contributed by atoms with van der Waals surface area (Å²) in [6.07, 6.45) is 3.75. The van der Waals surface area contributed by atoms with Crippen LogP contribution in [0, 0.1) is 0 Å². The summed E-state index contributed by atoms with van der Waals surface area (Å²) in [5.41, 5.74) is 3.36. The van der Waals surface area contributed by atoms with E-state index in [2.05, 4.69) is 64.0 Å². The minimum atomic E-state index is 0.356. The van der Waals surface area contributed by atoms with Gasteiger partial charge in [-0.15, -0.1) is 0 Å². The van der Waals surface area contributed by atoms with E-state index in [1.165, 1.54) is 11.1 Å². The molecule has 0 aliphatic rings. The molecule has 0 aliphatic heterocycles. The van der Waals surface area contributed by atoms with Crippen LogP contribution in [0.1, 0.15) is 42.3 Å². The Morgan fingerprint density at radius 3 is 2.67 bits per heavy atom. The molecular weight excluding hydrogens is 340 g/mol. The predicted octanol–water partition coefficient (Wildman–Crippen LogP) is 2.91. The molecule has 0 amide bonds. The van der Waals surface area contributed by atoms with Crippen molar-refractivity contribution in [2.24, 2.45) is 4.99 Å². The number of guanidine groups is 1. The predicted molar refractivity (Wildman–Crippen MR) is 105 cm³/mol. The van der Waals surface area contributed by atoms with E-state index < -0.39 is 0 Å². The average molecular weight is 366 g/mol. The van der Waals surface area contributed by atoms with Gasteiger partial charge in [0.1, 0.15) is 0 Å². The third kappa shape index (κ3) is 5.44. The highest BCUT2D eigenvalue weighted by Crippen LogP contribution is 2.13. The van der Waals surface area contributed by atoms with Crippen LogP contribution in [0.25, 0.3) is 0 Å². The number of hydrogen-bond acceptors (Lipinski definition) is 4. The molecule has 27 heavy (non-hydrogen) atoms. The Balaban J connectivity index is 1.51. The molecule has 0 spiro atoms. The molecule has 0 radical (unpaired) electrons. The van der Waals surface area contributed by atoms with Crippen molar-refractivity contribution in [1.82, 2.24) is 25.6 Å². The Morgan fingerprint density at radius 2 is 1.96 bits per heavy atom. The molecule has 0 saturated carbocycles. The fourth-order valence-electron chi connectivity index (χ4n) is 2.68. The maximum Gasteiger partial charge on any atom is 0.191 e. The van der Waals surface area contributed by atoms with E-state index in [1.807, 2.05) is 23.0 Å². The van der Waals surface area contributed by atoms with Crippen LogP contribution in [0.5, 0.6) is 0 Å². The summed E-state index contributed by atoms with van der Waals surface area (Å²) in [7, 11) is 1.75. The highest BCUT2D eigenvalue weighted by molar-refractivity contribution is 5.79. The summed E-state index contributed by atoms with van der Waals surface area (Å²) in [6, 6.07) is 12.3. The zero-order valence-electron chi connectivity index (χ0n) is 16.0. The first-order valence-corrected chi connectivity index (χ1v) is 9.09. The summed E-state index contributed by atoms with van der Waals surface area (Å²) in [6.45, 7) is 6.17. The molecule has 7 nitrogen and oxygen atoms in total. The van der Waals surface area contributed by atoms with Gasteiger partial charge in [-0.25, -0.2) is 0 Å². The molecule has 0 atom stereocenters. The Labute approximate surface area is 159 Å². The summed E-state index contributed by atoms with van der Waals surface area (Å²) in [4.78, 5) is 4.26. The SMILES string of the molecule is CN=C(NCc1cccc(Cn2cccn2)c1)NCc1cc(C(C)C)no1. The third-order valence-corrected chi connectivity index (χ3v) is 4.18. The molecule has 0 bridgehead atoms. The molecule has 3 aromatic rings. The van der Waals surface area contributed by atoms with E-state index >= 15 is 0 Å². The minimum absolute atomic E-state index is 0.356. The lowest BCUT2D eigenvalue weighted by Crippen LogP contribution is -2.36. The van der Waals surface area contributed by atoms with Crippen molar-refractivity contribution >= 4 is 5.96 Å². The van der Waals surface area contributed by atoms with Gasteiger partial charge < -0.3 is 15.2 Å². The first-order valence-electron chi connectivity index (χ1n) is 9.09. The minimum Gasteiger partial charge on any atom is -0.359 e. The van der Waals surface area contributed by atoms with Crippen LogP contribution in [0.15, 0.2) is 58.3 Å². The van der Waals surface area contributed by atoms with E-state index in [4.69, 9.17) is 4.52 Å². The Kier molecular flexibility index (Phi) is 6.25. The average Bonchev–Trinajstić information content (AvgIpc) is 3.34. The van der Waals surface area contributed by atoms with Crippen LogP contribution in [-0.2, 0) is 19.6 Å². The molecule has 7 heteroatoms. The van der Waals surface area contributed by atoms with Gasteiger partial charge in [-0.05, 0) is 23.1 Å². The summed E-state index contributed by atoms with van der Waals surface area (Å²) in [5.74, 6) is 1.87. The van der Waals surface area contributed by atoms with E-state index in [0.29, 0.717) is 19.0 Å². The molecule has 2 N–H and O–H groups in total. The Morgan fingerprint density at radius 1 is 1.15 bits per heavy atom. The van der Waals surface area contributed by atoms with Gasteiger partial charge in [-0.3, -0.25) is 9.67 Å². The van der Waals surface area contributed by atoms with Crippen LogP contribution in [0.4, 0.5) is 0 Å². The molecular formula is C20H26N6O. The monoisotopic (exact) mass is 366 g/mol. The van der Waals surface area contributed by atoms with E-state index in [-0.39, 0.29) is 0 Å². The summed E-state index contributed by atoms with van der Waals surface area (Å²) >= 11 is 0. The number of nitrogens with zero attached hydrogens (tertiary/aromatic N) is 4. The Bertz CT molecular complexity index is 866. The second kappa shape index (κ2) is 9.02. The number of aromatic nitrogens is 3. The molecule has 2 aromatic heterocycles. The fraction of sp³-hybridized carbons (Fsp3) is 0.350. The quantitative estimate of drug-likeness (QED) is 0.496. The number of benzene rings is 1. The van der Waals surface area contributed by atoms with Crippen LogP contribution >= 0.6 is 0 Å². The molecule has 0 saturated heterocycles. The second-order valence-electron chi connectivity index (χ2n) is 6.68. The van der Waals surface area contributed by atoms with E-state index in [9.17, 15) is 0 Å². The van der Waals surface area contributed by atoms with Gasteiger partial charge >= 0.3 is 0 Å². The fourth-order valence-corrected chi connectivity index (χ4v) is 2.68. The van der Waals surface area contributed by atoms with Gasteiger partial charge in [0.25, 0.3) is 0 Å². The number of rotatable bonds is 7. The van der Waals surface area contributed by atoms with Crippen molar-refractivity contribution in [3.05, 3.63) is 71.4 Å². The van der Waals surface area contributed by atoms with Crippen molar-refractivity contribution in [1.29, 1.82) is 0 Å². The highest BCUT2D eigenvalue weighted by atomic mass is 16.5. The molecule has 1 aromatic carbocycles. The number of hydrogen-bond donors (Lipinski definition) is 2. The standard InChI is InChI=1S/C20H26N6O/c1-15(2)19-11-18(27-25-19)13-23-20(21-3)22-12-16-6-4-7-17(10-16)14-26-9-5-8-24-26/h4-11,15H,12-14H2,1-3H3,(H2,21,22,23). The zero-order chi connectivity index (χ0) is 19.1. The van der Waals surface area contributed by atoms with Crippen LogP contribution in [0.3, 0.4) is 0 Å². The lowest BCUT2D eigenvalue weighted by Gasteiger charge is -2.11. The largest absolute Gasteiger partial charge is 0.359 e. The molecule has 3 rings (SSSR count). The van der Waals surface area contributed by atoms with Gasteiger partial charge in [0.2, 0.25) is 0 Å². The number of aliphatic imine (C=N–C) groups is 1. The van der Waals surface area contributed by atoms with Crippen molar-refractivity contribution in [3.8, 4) is 0 Å². The molecule has 0 fully saturated rings.